The molecule has 0 spiro atoms. The Morgan fingerprint density at radius 2 is 1.61 bits per heavy atom. The Labute approximate surface area is 180 Å². The van der Waals surface area contributed by atoms with Crippen molar-refractivity contribution >= 4 is 33.2 Å². The second kappa shape index (κ2) is 8.88. The Morgan fingerprint density at radius 3 is 2.26 bits per heavy atom. The van der Waals surface area contributed by atoms with E-state index in [0.717, 1.165) is 0 Å². The van der Waals surface area contributed by atoms with Gasteiger partial charge in [-0.1, -0.05) is 18.2 Å². The lowest BCUT2D eigenvalue weighted by Gasteiger charge is -2.13. The predicted molar refractivity (Wildman–Crippen MR) is 118 cm³/mol. The zero-order valence-corrected chi connectivity index (χ0v) is 17.7. The van der Waals surface area contributed by atoms with Crippen LogP contribution in [0.15, 0.2) is 71.6 Å². The first-order chi connectivity index (χ1) is 14.7. The quantitative estimate of drug-likeness (QED) is 0.521. The third-order valence-corrected chi connectivity index (χ3v) is 5.93. The number of benzene rings is 3. The summed E-state index contributed by atoms with van der Waals surface area (Å²) in [5.41, 5.74) is 6.80. The Bertz CT molecular complexity index is 1240. The molecule has 2 amide bonds. The second-order valence-electron chi connectivity index (χ2n) is 6.67. The molecule has 31 heavy (non-hydrogen) atoms. The molecule has 0 saturated carbocycles. The van der Waals surface area contributed by atoms with Gasteiger partial charge in [0.15, 0.2) is 0 Å². The van der Waals surface area contributed by atoms with E-state index < -0.39 is 21.8 Å². The van der Waals surface area contributed by atoms with Crippen molar-refractivity contribution in [2.45, 2.75) is 11.8 Å². The fourth-order valence-corrected chi connectivity index (χ4v) is 3.97. The fraction of sp³-hybridized carbons (Fsp3) is 0.0909. The van der Waals surface area contributed by atoms with Crippen LogP contribution in [0.25, 0.3) is 0 Å². The smallest absolute Gasteiger partial charge is 0.261 e. The molecule has 0 atom stereocenters. The number of sulfonamides is 1. The molecule has 0 saturated heterocycles. The molecule has 0 fully saturated rings. The van der Waals surface area contributed by atoms with Gasteiger partial charge in [-0.05, 0) is 61.0 Å². The SMILES string of the molecule is COc1ccc(NS(=O)(=O)c2ccc(C)c(C(=O)Nc3ccccc3C(N)=O)c2)cc1. The Kier molecular flexibility index (Phi) is 6.26. The summed E-state index contributed by atoms with van der Waals surface area (Å²) in [6.45, 7) is 1.68. The molecule has 4 N–H and O–H groups in total. The molecule has 0 aromatic heterocycles. The van der Waals surface area contributed by atoms with Crippen LogP contribution in [-0.2, 0) is 10.0 Å². The Hall–Kier alpha value is -3.85. The highest BCUT2D eigenvalue weighted by Gasteiger charge is 2.19. The lowest BCUT2D eigenvalue weighted by atomic mass is 10.1. The lowest BCUT2D eigenvalue weighted by Crippen LogP contribution is -2.20. The number of amides is 2. The van der Waals surface area contributed by atoms with Gasteiger partial charge in [-0.15, -0.1) is 0 Å². The van der Waals surface area contributed by atoms with E-state index in [1.54, 1.807) is 49.4 Å². The van der Waals surface area contributed by atoms with Crippen LogP contribution >= 0.6 is 0 Å². The molecule has 0 bridgehead atoms. The highest BCUT2D eigenvalue weighted by Crippen LogP contribution is 2.23. The number of para-hydroxylation sites is 1. The van der Waals surface area contributed by atoms with Crippen molar-refractivity contribution in [2.75, 3.05) is 17.1 Å². The highest BCUT2D eigenvalue weighted by molar-refractivity contribution is 7.92. The summed E-state index contributed by atoms with van der Waals surface area (Å²) >= 11 is 0. The number of nitrogens with two attached hydrogens (primary N) is 1. The average molecular weight is 439 g/mol. The summed E-state index contributed by atoms with van der Waals surface area (Å²) in [5.74, 6) is -0.658. The number of anilines is 2. The van der Waals surface area contributed by atoms with Gasteiger partial charge in [0.05, 0.1) is 23.3 Å². The van der Waals surface area contributed by atoms with Crippen molar-refractivity contribution in [3.05, 3.63) is 83.4 Å². The Balaban J connectivity index is 1.88. The van der Waals surface area contributed by atoms with Crippen LogP contribution in [0.3, 0.4) is 0 Å². The van der Waals surface area contributed by atoms with E-state index in [1.165, 1.54) is 31.4 Å². The normalized spacial score (nSPS) is 10.9. The van der Waals surface area contributed by atoms with Crippen molar-refractivity contribution in [2.24, 2.45) is 5.73 Å². The van der Waals surface area contributed by atoms with Crippen molar-refractivity contribution in [1.29, 1.82) is 0 Å². The second-order valence-corrected chi connectivity index (χ2v) is 8.36. The number of aryl methyl sites for hydroxylation is 1. The number of rotatable bonds is 7. The number of primary amides is 1. The maximum atomic E-state index is 12.8. The van der Waals surface area contributed by atoms with Crippen LogP contribution < -0.4 is 20.5 Å². The molecule has 3 rings (SSSR count). The van der Waals surface area contributed by atoms with E-state index in [1.807, 2.05) is 0 Å². The number of methoxy groups -OCH3 is 1. The van der Waals surface area contributed by atoms with Gasteiger partial charge in [-0.3, -0.25) is 14.3 Å². The van der Waals surface area contributed by atoms with E-state index in [4.69, 9.17) is 10.5 Å². The molecule has 0 unspecified atom stereocenters. The van der Waals surface area contributed by atoms with Crippen LogP contribution in [0.2, 0.25) is 0 Å². The first kappa shape index (κ1) is 21.8. The highest BCUT2D eigenvalue weighted by atomic mass is 32.2. The minimum absolute atomic E-state index is 0.0812. The fourth-order valence-electron chi connectivity index (χ4n) is 2.88. The maximum Gasteiger partial charge on any atom is 0.261 e. The molecule has 0 heterocycles. The zero-order valence-electron chi connectivity index (χ0n) is 16.9. The number of hydrogen-bond acceptors (Lipinski definition) is 5. The van der Waals surface area contributed by atoms with E-state index in [2.05, 4.69) is 10.0 Å². The van der Waals surface area contributed by atoms with Gasteiger partial charge >= 0.3 is 0 Å². The zero-order chi connectivity index (χ0) is 22.6. The van der Waals surface area contributed by atoms with E-state index in [-0.39, 0.29) is 21.7 Å². The molecule has 160 valence electrons. The van der Waals surface area contributed by atoms with Gasteiger partial charge in [-0.2, -0.15) is 0 Å². The largest absolute Gasteiger partial charge is 0.497 e. The summed E-state index contributed by atoms with van der Waals surface area (Å²) in [5, 5.41) is 2.62. The molecular formula is C22H21N3O5S. The molecule has 3 aromatic carbocycles. The standard InChI is InChI=1S/C22H21N3O5S/c1-14-7-12-17(31(28,29)25-15-8-10-16(30-2)11-9-15)13-19(14)22(27)24-20-6-4-3-5-18(20)21(23)26/h3-13,25H,1-2H3,(H2,23,26)(H,24,27). The summed E-state index contributed by atoms with van der Waals surface area (Å²) in [6, 6.07) is 16.9. The van der Waals surface area contributed by atoms with E-state index in [9.17, 15) is 18.0 Å². The minimum atomic E-state index is -3.95. The van der Waals surface area contributed by atoms with Gasteiger partial charge < -0.3 is 15.8 Å². The number of nitrogens with one attached hydrogen (secondary N) is 2. The monoisotopic (exact) mass is 439 g/mol. The lowest BCUT2D eigenvalue weighted by molar-refractivity contribution is 0.100. The van der Waals surface area contributed by atoms with Crippen molar-refractivity contribution in [1.82, 2.24) is 0 Å². The molecule has 8 nitrogen and oxygen atoms in total. The van der Waals surface area contributed by atoms with Crippen molar-refractivity contribution in [3.8, 4) is 5.75 Å². The van der Waals surface area contributed by atoms with E-state index in [0.29, 0.717) is 17.0 Å². The van der Waals surface area contributed by atoms with Crippen LogP contribution in [0.4, 0.5) is 11.4 Å². The molecular weight excluding hydrogens is 418 g/mol. The molecule has 0 radical (unpaired) electrons. The topological polar surface area (TPSA) is 128 Å². The summed E-state index contributed by atoms with van der Waals surface area (Å²) in [7, 11) is -2.43. The number of carbonyl (C=O) groups excluding carboxylic acids is 2. The van der Waals surface area contributed by atoms with Gasteiger partial charge in [0.2, 0.25) is 0 Å². The number of hydrogen-bond donors (Lipinski definition) is 3. The van der Waals surface area contributed by atoms with Crippen LogP contribution in [0.1, 0.15) is 26.3 Å². The average Bonchev–Trinajstić information content (AvgIpc) is 2.74. The van der Waals surface area contributed by atoms with Crippen LogP contribution in [0.5, 0.6) is 5.75 Å². The third-order valence-electron chi connectivity index (χ3n) is 4.55. The molecule has 0 aliphatic heterocycles. The van der Waals surface area contributed by atoms with E-state index >= 15 is 0 Å². The van der Waals surface area contributed by atoms with Crippen molar-refractivity contribution in [3.63, 3.8) is 0 Å². The molecule has 0 aliphatic rings. The number of ether oxygens (including phenoxy) is 1. The molecule has 0 aliphatic carbocycles. The van der Waals surface area contributed by atoms with Gasteiger partial charge in [0.25, 0.3) is 21.8 Å². The first-order valence-electron chi connectivity index (χ1n) is 9.19. The molecule has 3 aromatic rings. The van der Waals surface area contributed by atoms with Crippen molar-refractivity contribution < 1.29 is 22.7 Å². The minimum Gasteiger partial charge on any atom is -0.497 e. The first-order valence-corrected chi connectivity index (χ1v) is 10.7. The van der Waals surface area contributed by atoms with Gasteiger partial charge in [0.1, 0.15) is 5.75 Å². The van der Waals surface area contributed by atoms with Crippen LogP contribution in [-0.4, -0.2) is 27.3 Å². The van der Waals surface area contributed by atoms with Crippen LogP contribution in [0, 0.1) is 6.92 Å². The Morgan fingerprint density at radius 1 is 0.935 bits per heavy atom. The number of carbonyl (C=O) groups is 2. The van der Waals surface area contributed by atoms with Gasteiger partial charge in [-0.25, -0.2) is 8.42 Å². The third kappa shape index (κ3) is 5.01. The molecule has 9 heteroatoms. The van der Waals surface area contributed by atoms with Gasteiger partial charge in [0, 0.05) is 11.3 Å². The summed E-state index contributed by atoms with van der Waals surface area (Å²) < 4.78 is 33.1. The summed E-state index contributed by atoms with van der Waals surface area (Å²) in [6.07, 6.45) is 0. The predicted octanol–water partition coefficient (Wildman–Crippen LogP) is 3.16. The maximum absolute atomic E-state index is 12.8. The summed E-state index contributed by atoms with van der Waals surface area (Å²) in [4.78, 5) is 24.3.